The van der Waals surface area contributed by atoms with Crippen LogP contribution in [0.3, 0.4) is 0 Å². The molecule has 0 aliphatic rings. The van der Waals surface area contributed by atoms with Crippen LogP contribution in [0.5, 0.6) is 5.75 Å². The number of hydrogen-bond donors (Lipinski definition) is 1. The quantitative estimate of drug-likeness (QED) is 0.800. The van der Waals surface area contributed by atoms with Crippen molar-refractivity contribution in [1.82, 2.24) is 4.98 Å². The Kier molecular flexibility index (Phi) is 3.58. The third-order valence-electron chi connectivity index (χ3n) is 3.34. The fourth-order valence-corrected chi connectivity index (χ4v) is 2.23. The molecule has 0 saturated carbocycles. The van der Waals surface area contributed by atoms with Gasteiger partial charge < -0.3 is 14.9 Å². The summed E-state index contributed by atoms with van der Waals surface area (Å²) in [5.74, 6) is 0.316. The maximum atomic E-state index is 13.7. The van der Waals surface area contributed by atoms with E-state index in [9.17, 15) is 4.39 Å². The zero-order chi connectivity index (χ0) is 14.8. The second kappa shape index (κ2) is 5.54. The van der Waals surface area contributed by atoms with E-state index in [0.717, 1.165) is 11.1 Å². The van der Waals surface area contributed by atoms with Gasteiger partial charge in [0, 0.05) is 12.5 Å². The minimum atomic E-state index is -0.428. The second-order valence-corrected chi connectivity index (χ2v) is 4.78. The SMILES string of the molecule is COc1ccc(C(N)Cc2nc3ccccc3o2)cc1F. The topological polar surface area (TPSA) is 61.3 Å². The number of para-hydroxylation sites is 2. The molecule has 0 bridgehead atoms. The fraction of sp³-hybridized carbons (Fsp3) is 0.188. The normalized spacial score (nSPS) is 12.5. The van der Waals surface area contributed by atoms with Gasteiger partial charge in [0.15, 0.2) is 23.0 Å². The minimum Gasteiger partial charge on any atom is -0.494 e. The predicted molar refractivity (Wildman–Crippen MR) is 77.6 cm³/mol. The molecule has 1 atom stereocenters. The minimum absolute atomic E-state index is 0.202. The average molecular weight is 286 g/mol. The van der Waals surface area contributed by atoms with Crippen LogP contribution in [-0.2, 0) is 6.42 Å². The molecule has 3 rings (SSSR count). The maximum absolute atomic E-state index is 13.7. The molecule has 1 unspecified atom stereocenters. The lowest BCUT2D eigenvalue weighted by atomic mass is 10.0. The molecule has 21 heavy (non-hydrogen) atoms. The number of halogens is 1. The molecule has 1 aromatic heterocycles. The Morgan fingerprint density at radius 2 is 2.10 bits per heavy atom. The lowest BCUT2D eigenvalue weighted by molar-refractivity contribution is 0.385. The molecule has 2 aromatic carbocycles. The van der Waals surface area contributed by atoms with Gasteiger partial charge >= 0.3 is 0 Å². The number of ether oxygens (including phenoxy) is 1. The van der Waals surface area contributed by atoms with E-state index < -0.39 is 11.9 Å². The monoisotopic (exact) mass is 286 g/mol. The van der Waals surface area contributed by atoms with Crippen molar-refractivity contribution in [2.24, 2.45) is 5.73 Å². The molecule has 1 heterocycles. The number of benzene rings is 2. The Morgan fingerprint density at radius 3 is 2.81 bits per heavy atom. The molecule has 0 saturated heterocycles. The zero-order valence-electron chi connectivity index (χ0n) is 11.5. The summed E-state index contributed by atoms with van der Waals surface area (Å²) in [6.45, 7) is 0. The van der Waals surface area contributed by atoms with Gasteiger partial charge in [0.2, 0.25) is 0 Å². The van der Waals surface area contributed by atoms with Crippen LogP contribution in [0.1, 0.15) is 17.5 Å². The predicted octanol–water partition coefficient (Wildman–Crippen LogP) is 3.22. The first-order chi connectivity index (χ1) is 10.2. The number of aromatic nitrogens is 1. The number of hydrogen-bond acceptors (Lipinski definition) is 4. The van der Waals surface area contributed by atoms with Gasteiger partial charge in [-0.1, -0.05) is 18.2 Å². The van der Waals surface area contributed by atoms with E-state index in [4.69, 9.17) is 14.9 Å². The van der Waals surface area contributed by atoms with E-state index in [2.05, 4.69) is 4.98 Å². The first kappa shape index (κ1) is 13.6. The van der Waals surface area contributed by atoms with Gasteiger partial charge in [0.05, 0.1) is 7.11 Å². The van der Waals surface area contributed by atoms with Crippen LogP contribution in [0.25, 0.3) is 11.1 Å². The Bertz CT molecular complexity index is 737. The van der Waals surface area contributed by atoms with Crippen molar-refractivity contribution in [3.05, 3.63) is 59.7 Å². The third kappa shape index (κ3) is 2.73. The standard InChI is InChI=1S/C16H15FN2O2/c1-20-14-7-6-10(8-11(14)17)12(18)9-16-19-13-4-2-3-5-15(13)21-16/h2-8,12H,9,18H2,1H3. The lowest BCUT2D eigenvalue weighted by Crippen LogP contribution is -2.13. The van der Waals surface area contributed by atoms with Crippen molar-refractivity contribution < 1.29 is 13.5 Å². The van der Waals surface area contributed by atoms with Crippen LogP contribution >= 0.6 is 0 Å². The van der Waals surface area contributed by atoms with Gasteiger partial charge in [-0.3, -0.25) is 0 Å². The largest absolute Gasteiger partial charge is 0.494 e. The first-order valence-corrected chi connectivity index (χ1v) is 6.61. The van der Waals surface area contributed by atoms with Crippen molar-refractivity contribution in [3.8, 4) is 5.75 Å². The van der Waals surface area contributed by atoms with Crippen molar-refractivity contribution in [2.45, 2.75) is 12.5 Å². The highest BCUT2D eigenvalue weighted by Crippen LogP contribution is 2.24. The second-order valence-electron chi connectivity index (χ2n) is 4.78. The molecule has 0 aliphatic carbocycles. The maximum Gasteiger partial charge on any atom is 0.197 e. The summed E-state index contributed by atoms with van der Waals surface area (Å²) in [7, 11) is 1.43. The van der Waals surface area contributed by atoms with Gasteiger partial charge in [-0.2, -0.15) is 0 Å². The Labute approximate surface area is 121 Å². The molecular weight excluding hydrogens is 271 g/mol. The number of fused-ring (bicyclic) bond motifs is 1. The van der Waals surface area contributed by atoms with Gasteiger partial charge in [0.25, 0.3) is 0 Å². The molecular formula is C16H15FN2O2. The van der Waals surface area contributed by atoms with Gasteiger partial charge in [0.1, 0.15) is 5.52 Å². The molecule has 5 heteroatoms. The molecule has 0 amide bonds. The van der Waals surface area contributed by atoms with E-state index in [-0.39, 0.29) is 5.75 Å². The summed E-state index contributed by atoms with van der Waals surface area (Å²) in [6.07, 6.45) is 0.403. The summed E-state index contributed by atoms with van der Waals surface area (Å²) < 4.78 is 24.2. The third-order valence-corrected chi connectivity index (χ3v) is 3.34. The first-order valence-electron chi connectivity index (χ1n) is 6.61. The van der Waals surface area contributed by atoms with Crippen LogP contribution in [0.15, 0.2) is 46.9 Å². The van der Waals surface area contributed by atoms with E-state index in [1.165, 1.54) is 13.2 Å². The van der Waals surface area contributed by atoms with E-state index in [0.29, 0.717) is 17.9 Å². The zero-order valence-corrected chi connectivity index (χ0v) is 11.5. The van der Waals surface area contributed by atoms with Crippen molar-refractivity contribution in [1.29, 1.82) is 0 Å². The number of nitrogens with zero attached hydrogens (tertiary/aromatic N) is 1. The highest BCUT2D eigenvalue weighted by Gasteiger charge is 2.14. The summed E-state index contributed by atoms with van der Waals surface area (Å²) in [5, 5.41) is 0. The van der Waals surface area contributed by atoms with E-state index in [1.807, 2.05) is 24.3 Å². The van der Waals surface area contributed by atoms with Crippen LogP contribution in [0, 0.1) is 5.82 Å². The summed E-state index contributed by atoms with van der Waals surface area (Å²) in [5.41, 5.74) is 8.29. The highest BCUT2D eigenvalue weighted by atomic mass is 19.1. The molecule has 108 valence electrons. The van der Waals surface area contributed by atoms with Crippen LogP contribution < -0.4 is 10.5 Å². The van der Waals surface area contributed by atoms with Crippen LogP contribution in [0.2, 0.25) is 0 Å². The molecule has 3 aromatic rings. The van der Waals surface area contributed by atoms with Crippen molar-refractivity contribution >= 4 is 11.1 Å². The average Bonchev–Trinajstić information content (AvgIpc) is 2.89. The smallest absolute Gasteiger partial charge is 0.197 e. The Morgan fingerprint density at radius 1 is 1.29 bits per heavy atom. The Hall–Kier alpha value is -2.40. The molecule has 0 radical (unpaired) electrons. The van der Waals surface area contributed by atoms with Gasteiger partial charge in [-0.05, 0) is 29.8 Å². The number of nitrogens with two attached hydrogens (primary N) is 1. The lowest BCUT2D eigenvalue weighted by Gasteiger charge is -2.11. The van der Waals surface area contributed by atoms with E-state index >= 15 is 0 Å². The summed E-state index contributed by atoms with van der Waals surface area (Å²) >= 11 is 0. The molecule has 0 spiro atoms. The molecule has 0 aliphatic heterocycles. The molecule has 4 nitrogen and oxygen atoms in total. The van der Waals surface area contributed by atoms with Gasteiger partial charge in [-0.25, -0.2) is 9.37 Å². The Balaban J connectivity index is 1.82. The highest BCUT2D eigenvalue weighted by molar-refractivity contribution is 5.72. The van der Waals surface area contributed by atoms with Crippen molar-refractivity contribution in [3.63, 3.8) is 0 Å². The van der Waals surface area contributed by atoms with E-state index in [1.54, 1.807) is 12.1 Å². The van der Waals surface area contributed by atoms with Gasteiger partial charge in [-0.15, -0.1) is 0 Å². The fourth-order valence-electron chi connectivity index (χ4n) is 2.23. The molecule has 2 N–H and O–H groups in total. The van der Waals surface area contributed by atoms with Crippen molar-refractivity contribution in [2.75, 3.05) is 7.11 Å². The number of methoxy groups -OCH3 is 1. The number of oxazole rings is 1. The number of rotatable bonds is 4. The summed E-state index contributed by atoms with van der Waals surface area (Å²) in [4.78, 5) is 4.37. The molecule has 0 fully saturated rings. The van der Waals surface area contributed by atoms with Crippen LogP contribution in [0.4, 0.5) is 4.39 Å². The summed E-state index contributed by atoms with van der Waals surface area (Å²) in [6, 6.07) is 11.8. The van der Waals surface area contributed by atoms with Crippen LogP contribution in [-0.4, -0.2) is 12.1 Å².